The molecule has 0 aromatic heterocycles. The molecule has 0 unspecified atom stereocenters. The van der Waals surface area contributed by atoms with Crippen molar-refractivity contribution in [3.8, 4) is 5.75 Å². The molecule has 2 rings (SSSR count). The van der Waals surface area contributed by atoms with Gasteiger partial charge in [-0.25, -0.2) is 0 Å². The lowest BCUT2D eigenvalue weighted by molar-refractivity contribution is 0.339. The number of hydrogen-bond acceptors (Lipinski definition) is 2. The van der Waals surface area contributed by atoms with Gasteiger partial charge in [0.1, 0.15) is 0 Å². The quantitative estimate of drug-likeness (QED) is 0.615. The summed E-state index contributed by atoms with van der Waals surface area (Å²) in [5.41, 5.74) is 1.70. The lowest BCUT2D eigenvalue weighted by Gasteiger charge is -2.15. The summed E-state index contributed by atoms with van der Waals surface area (Å²) in [4.78, 5) is 0. The second-order valence-corrected chi connectivity index (χ2v) is 6.42. The van der Waals surface area contributed by atoms with Crippen molar-refractivity contribution in [2.75, 3.05) is 11.9 Å². The minimum absolute atomic E-state index is 0.520. The van der Waals surface area contributed by atoms with Crippen molar-refractivity contribution in [1.82, 2.24) is 0 Å². The van der Waals surface area contributed by atoms with E-state index >= 15 is 0 Å². The van der Waals surface area contributed by atoms with E-state index in [-0.39, 0.29) is 0 Å². The van der Waals surface area contributed by atoms with Gasteiger partial charge in [0, 0.05) is 21.6 Å². The van der Waals surface area contributed by atoms with Gasteiger partial charge in [-0.05, 0) is 58.7 Å². The summed E-state index contributed by atoms with van der Waals surface area (Å²) in [5, 5.41) is 5.20. The Morgan fingerprint density at radius 2 is 1.86 bits per heavy atom. The third kappa shape index (κ3) is 4.43. The van der Waals surface area contributed by atoms with Gasteiger partial charge in [-0.3, -0.25) is 0 Å². The zero-order valence-corrected chi connectivity index (χ0v) is 15.1. The van der Waals surface area contributed by atoms with Crippen molar-refractivity contribution in [3.63, 3.8) is 0 Å². The molecule has 2 nitrogen and oxygen atoms in total. The maximum absolute atomic E-state index is 6.16. The summed E-state index contributed by atoms with van der Waals surface area (Å²) < 4.78 is 6.44. The standard InChI is InChI=1S/C15H13BrCl3NO/c1-2-21-15-12(16)6-11(18)7-14(15)20-8-9-5-10(17)3-4-13(9)19/h3-7,20H,2,8H2,1H3. The van der Waals surface area contributed by atoms with E-state index in [0.717, 1.165) is 21.5 Å². The van der Waals surface area contributed by atoms with Gasteiger partial charge in [-0.1, -0.05) is 34.8 Å². The van der Waals surface area contributed by atoms with Crippen LogP contribution in [0.2, 0.25) is 15.1 Å². The van der Waals surface area contributed by atoms with E-state index in [2.05, 4.69) is 21.2 Å². The first kappa shape index (κ1) is 16.8. The Hall–Kier alpha value is -0.610. The Morgan fingerprint density at radius 3 is 2.57 bits per heavy atom. The number of hydrogen-bond donors (Lipinski definition) is 1. The van der Waals surface area contributed by atoms with Crippen LogP contribution >= 0.6 is 50.7 Å². The molecule has 0 aliphatic carbocycles. The van der Waals surface area contributed by atoms with Crippen LogP contribution in [0.3, 0.4) is 0 Å². The van der Waals surface area contributed by atoms with E-state index in [4.69, 9.17) is 39.5 Å². The Bertz CT molecular complexity index is 649. The van der Waals surface area contributed by atoms with Gasteiger partial charge in [0.2, 0.25) is 0 Å². The fourth-order valence-corrected chi connectivity index (χ4v) is 3.16. The molecule has 0 spiro atoms. The first-order valence-corrected chi connectivity index (χ1v) is 8.23. The summed E-state index contributed by atoms with van der Waals surface area (Å²) >= 11 is 21.7. The normalized spacial score (nSPS) is 10.5. The molecule has 0 heterocycles. The molecule has 6 heteroatoms. The van der Waals surface area contributed by atoms with Gasteiger partial charge >= 0.3 is 0 Å². The van der Waals surface area contributed by atoms with Gasteiger partial charge < -0.3 is 10.1 Å². The summed E-state index contributed by atoms with van der Waals surface area (Å²) in [6, 6.07) is 8.98. The predicted molar refractivity (Wildman–Crippen MR) is 94.1 cm³/mol. The van der Waals surface area contributed by atoms with E-state index in [1.807, 2.05) is 19.1 Å². The summed E-state index contributed by atoms with van der Waals surface area (Å²) in [5.74, 6) is 0.722. The van der Waals surface area contributed by atoms with Gasteiger partial charge in [0.25, 0.3) is 0 Å². The monoisotopic (exact) mass is 407 g/mol. The molecular formula is C15H13BrCl3NO. The fraction of sp³-hybridized carbons (Fsp3) is 0.200. The van der Waals surface area contributed by atoms with Crippen LogP contribution in [0.25, 0.3) is 0 Å². The molecule has 0 amide bonds. The van der Waals surface area contributed by atoms with Crippen molar-refractivity contribution in [1.29, 1.82) is 0 Å². The second kappa shape index (κ2) is 7.59. The number of anilines is 1. The molecule has 0 aliphatic rings. The average Bonchev–Trinajstić information content (AvgIpc) is 2.43. The number of ether oxygens (including phenoxy) is 1. The zero-order chi connectivity index (χ0) is 15.4. The molecule has 0 saturated heterocycles. The maximum atomic E-state index is 6.16. The molecule has 21 heavy (non-hydrogen) atoms. The van der Waals surface area contributed by atoms with Crippen LogP contribution in [0.1, 0.15) is 12.5 Å². The second-order valence-electron chi connectivity index (χ2n) is 4.29. The van der Waals surface area contributed by atoms with Gasteiger partial charge in [0.15, 0.2) is 5.75 Å². The highest BCUT2D eigenvalue weighted by molar-refractivity contribution is 9.10. The lowest BCUT2D eigenvalue weighted by atomic mass is 10.2. The SMILES string of the molecule is CCOc1c(Br)cc(Cl)cc1NCc1cc(Cl)ccc1Cl. The molecule has 0 radical (unpaired) electrons. The maximum Gasteiger partial charge on any atom is 0.156 e. The first-order chi connectivity index (χ1) is 10.0. The van der Waals surface area contributed by atoms with Gasteiger partial charge in [-0.2, -0.15) is 0 Å². The Balaban J connectivity index is 2.25. The van der Waals surface area contributed by atoms with Gasteiger partial charge in [-0.15, -0.1) is 0 Å². The molecule has 0 aliphatic heterocycles. The van der Waals surface area contributed by atoms with Crippen molar-refractivity contribution in [2.45, 2.75) is 13.5 Å². The van der Waals surface area contributed by atoms with Gasteiger partial charge in [0.05, 0.1) is 16.8 Å². The molecule has 2 aromatic rings. The van der Waals surface area contributed by atoms with Crippen LogP contribution in [0.5, 0.6) is 5.75 Å². The molecule has 0 bridgehead atoms. The molecular weight excluding hydrogens is 396 g/mol. The zero-order valence-electron chi connectivity index (χ0n) is 11.2. The van der Waals surface area contributed by atoms with Crippen molar-refractivity contribution >= 4 is 56.4 Å². The van der Waals surface area contributed by atoms with Crippen molar-refractivity contribution in [2.24, 2.45) is 0 Å². The van der Waals surface area contributed by atoms with Crippen LogP contribution < -0.4 is 10.1 Å². The highest BCUT2D eigenvalue weighted by Crippen LogP contribution is 2.37. The number of nitrogens with one attached hydrogen (secondary N) is 1. The van der Waals surface area contributed by atoms with E-state index in [9.17, 15) is 0 Å². The fourth-order valence-electron chi connectivity index (χ4n) is 1.85. The van der Waals surface area contributed by atoms with Crippen LogP contribution in [0.15, 0.2) is 34.8 Å². The predicted octanol–water partition coefficient (Wildman–Crippen LogP) is 6.42. The Morgan fingerprint density at radius 1 is 1.10 bits per heavy atom. The molecule has 1 N–H and O–H groups in total. The highest BCUT2D eigenvalue weighted by atomic mass is 79.9. The third-order valence-electron chi connectivity index (χ3n) is 2.77. The summed E-state index contributed by atoms with van der Waals surface area (Å²) in [7, 11) is 0. The number of benzene rings is 2. The average molecular weight is 410 g/mol. The van der Waals surface area contributed by atoms with E-state index in [0.29, 0.717) is 28.2 Å². The Kier molecular flexibility index (Phi) is 6.06. The van der Waals surface area contributed by atoms with Crippen LogP contribution in [0.4, 0.5) is 5.69 Å². The molecule has 0 fully saturated rings. The molecule has 0 atom stereocenters. The van der Waals surface area contributed by atoms with Crippen molar-refractivity contribution in [3.05, 3.63) is 55.4 Å². The molecule has 2 aromatic carbocycles. The number of halogens is 4. The van der Waals surface area contributed by atoms with E-state index < -0.39 is 0 Å². The minimum atomic E-state index is 0.520. The highest BCUT2D eigenvalue weighted by Gasteiger charge is 2.11. The smallest absolute Gasteiger partial charge is 0.156 e. The Labute approximate surface area is 147 Å². The van der Waals surface area contributed by atoms with E-state index in [1.54, 1.807) is 18.2 Å². The third-order valence-corrected chi connectivity index (χ3v) is 4.19. The molecule has 112 valence electrons. The lowest BCUT2D eigenvalue weighted by Crippen LogP contribution is -2.04. The van der Waals surface area contributed by atoms with E-state index in [1.165, 1.54) is 0 Å². The molecule has 0 saturated carbocycles. The summed E-state index contributed by atoms with van der Waals surface area (Å²) in [6.07, 6.45) is 0. The minimum Gasteiger partial charge on any atom is -0.491 e. The largest absolute Gasteiger partial charge is 0.491 e. The first-order valence-electron chi connectivity index (χ1n) is 6.31. The topological polar surface area (TPSA) is 21.3 Å². The van der Waals surface area contributed by atoms with Crippen LogP contribution in [0, 0.1) is 0 Å². The summed E-state index contributed by atoms with van der Waals surface area (Å²) in [6.45, 7) is 3.01. The van der Waals surface area contributed by atoms with Crippen LogP contribution in [-0.2, 0) is 6.54 Å². The van der Waals surface area contributed by atoms with Crippen LogP contribution in [-0.4, -0.2) is 6.61 Å². The van der Waals surface area contributed by atoms with Crippen molar-refractivity contribution < 1.29 is 4.74 Å². The number of rotatable bonds is 5.